The highest BCUT2D eigenvalue weighted by Gasteiger charge is 1.97. The van der Waals surface area contributed by atoms with Gasteiger partial charge >= 0.3 is 0 Å². The van der Waals surface area contributed by atoms with Crippen molar-refractivity contribution >= 4 is 0 Å². The molecule has 0 bridgehead atoms. The van der Waals surface area contributed by atoms with Crippen molar-refractivity contribution in [3.8, 4) is 0 Å². The Kier molecular flexibility index (Phi) is 15.5. The normalized spacial score (nSPS) is 13.2. The van der Waals surface area contributed by atoms with Crippen LogP contribution in [0.4, 0.5) is 0 Å². The quantitative estimate of drug-likeness (QED) is 0.266. The topological polar surface area (TPSA) is 9.23 Å². The Balaban J connectivity index is 3.09. The maximum Gasteiger partial charge on any atom is 0.0543 e. The van der Waals surface area contributed by atoms with Crippen LogP contribution in [0.5, 0.6) is 0 Å². The van der Waals surface area contributed by atoms with Crippen LogP contribution in [-0.4, -0.2) is 13.2 Å². The summed E-state index contributed by atoms with van der Waals surface area (Å²) in [6, 6.07) is 0. The van der Waals surface area contributed by atoms with Crippen LogP contribution in [0.25, 0.3) is 0 Å². The molecule has 0 aromatic heterocycles. The Morgan fingerprint density at radius 1 is 0.789 bits per heavy atom. The molecule has 0 rings (SSSR count). The lowest BCUT2D eigenvalue weighted by atomic mass is 10.1. The van der Waals surface area contributed by atoms with E-state index in [9.17, 15) is 0 Å². The third kappa shape index (κ3) is 15.6. The summed E-state index contributed by atoms with van der Waals surface area (Å²) >= 11 is 0. The Hall–Kier alpha value is -0.300. The van der Waals surface area contributed by atoms with Crippen molar-refractivity contribution in [3.63, 3.8) is 0 Å². The minimum Gasteiger partial charge on any atom is -0.382 e. The number of hydrogen-bond donors (Lipinski definition) is 0. The van der Waals surface area contributed by atoms with E-state index in [4.69, 9.17) is 4.74 Å². The number of hydrogen-bond acceptors (Lipinski definition) is 1. The Bertz CT molecular complexity index is 186. The highest BCUT2D eigenvalue weighted by atomic mass is 16.5. The fourth-order valence-corrected chi connectivity index (χ4v) is 2.27. The van der Waals surface area contributed by atoms with Gasteiger partial charge in [0, 0.05) is 7.11 Å². The zero-order chi connectivity index (χ0) is 14.2. The Morgan fingerprint density at radius 3 is 1.89 bits per heavy atom. The van der Waals surface area contributed by atoms with Gasteiger partial charge < -0.3 is 4.74 Å². The van der Waals surface area contributed by atoms with E-state index >= 15 is 0 Å². The molecule has 0 heterocycles. The second-order valence-corrected chi connectivity index (χ2v) is 5.71. The predicted octanol–water partition coefficient (Wildman–Crippen LogP) is 6.28. The maximum atomic E-state index is 5.24. The van der Waals surface area contributed by atoms with Crippen LogP contribution in [0.15, 0.2) is 12.2 Å². The molecule has 0 fully saturated rings. The van der Waals surface area contributed by atoms with Gasteiger partial charge in [-0.25, -0.2) is 0 Å². The molecule has 1 unspecified atom stereocenters. The van der Waals surface area contributed by atoms with Crippen molar-refractivity contribution in [2.24, 2.45) is 0 Å². The molecule has 1 atom stereocenters. The van der Waals surface area contributed by atoms with Gasteiger partial charge in [0.15, 0.2) is 0 Å². The van der Waals surface area contributed by atoms with Crippen LogP contribution in [0.1, 0.15) is 90.9 Å². The molecule has 0 radical (unpaired) electrons. The summed E-state index contributed by atoms with van der Waals surface area (Å²) in [6.45, 7) is 4.43. The van der Waals surface area contributed by atoms with Crippen LogP contribution in [0.3, 0.4) is 0 Å². The van der Waals surface area contributed by atoms with Gasteiger partial charge in [-0.2, -0.15) is 0 Å². The fraction of sp³-hybridized carbons (Fsp3) is 0.889. The van der Waals surface area contributed by atoms with Gasteiger partial charge in [-0.05, 0) is 39.0 Å². The predicted molar refractivity (Wildman–Crippen MR) is 86.7 cm³/mol. The lowest BCUT2D eigenvalue weighted by Gasteiger charge is -2.07. The monoisotopic (exact) mass is 268 g/mol. The van der Waals surface area contributed by atoms with E-state index in [2.05, 4.69) is 26.0 Å². The molecule has 0 amide bonds. The molecule has 1 heteroatoms. The van der Waals surface area contributed by atoms with Crippen LogP contribution in [0.2, 0.25) is 0 Å². The first-order valence-electron chi connectivity index (χ1n) is 8.49. The van der Waals surface area contributed by atoms with Gasteiger partial charge in [-0.3, -0.25) is 0 Å². The van der Waals surface area contributed by atoms with Crippen LogP contribution < -0.4 is 0 Å². The lowest BCUT2D eigenvalue weighted by Crippen LogP contribution is -2.03. The molecule has 0 aliphatic heterocycles. The van der Waals surface area contributed by atoms with E-state index in [1.807, 2.05) is 0 Å². The second-order valence-electron chi connectivity index (χ2n) is 5.71. The Labute approximate surface area is 121 Å². The SMILES string of the molecule is CCCCCCCCC=CCCCCCC(C)OC. The summed E-state index contributed by atoms with van der Waals surface area (Å²) in [4.78, 5) is 0. The molecule has 0 saturated carbocycles. The van der Waals surface area contributed by atoms with E-state index in [1.165, 1.54) is 77.0 Å². The minimum atomic E-state index is 0.434. The Morgan fingerprint density at radius 2 is 1.32 bits per heavy atom. The summed E-state index contributed by atoms with van der Waals surface area (Å²) < 4.78 is 5.24. The summed E-state index contributed by atoms with van der Waals surface area (Å²) in [5.74, 6) is 0. The summed E-state index contributed by atoms with van der Waals surface area (Å²) in [5, 5.41) is 0. The number of unbranched alkanes of at least 4 members (excludes halogenated alkanes) is 9. The van der Waals surface area contributed by atoms with Gasteiger partial charge in [-0.1, -0.05) is 64.0 Å². The zero-order valence-corrected chi connectivity index (χ0v) is 13.6. The number of allylic oxidation sites excluding steroid dienone is 2. The molecule has 1 nitrogen and oxygen atoms in total. The molecule has 0 spiro atoms. The van der Waals surface area contributed by atoms with Gasteiger partial charge in [0.25, 0.3) is 0 Å². The van der Waals surface area contributed by atoms with Crippen LogP contribution >= 0.6 is 0 Å². The molecule has 0 saturated heterocycles. The van der Waals surface area contributed by atoms with Gasteiger partial charge in [0.2, 0.25) is 0 Å². The highest BCUT2D eigenvalue weighted by Crippen LogP contribution is 2.09. The van der Waals surface area contributed by atoms with Crippen molar-refractivity contribution in [3.05, 3.63) is 12.2 Å². The van der Waals surface area contributed by atoms with E-state index in [0.717, 1.165) is 0 Å². The molecular weight excluding hydrogens is 232 g/mol. The standard InChI is InChI=1S/C18H36O/c1-4-5-6-7-8-9-10-11-12-13-14-15-16-17-18(2)19-3/h11-12,18H,4-10,13-17H2,1-3H3. The first-order valence-corrected chi connectivity index (χ1v) is 8.49. The van der Waals surface area contributed by atoms with Crippen molar-refractivity contribution in [1.82, 2.24) is 0 Å². The zero-order valence-electron chi connectivity index (χ0n) is 13.6. The highest BCUT2D eigenvalue weighted by molar-refractivity contribution is 4.81. The second kappa shape index (κ2) is 15.8. The molecule has 19 heavy (non-hydrogen) atoms. The van der Waals surface area contributed by atoms with Crippen LogP contribution in [0, 0.1) is 0 Å². The van der Waals surface area contributed by atoms with Crippen molar-refractivity contribution < 1.29 is 4.74 Å². The van der Waals surface area contributed by atoms with Gasteiger partial charge in [-0.15, -0.1) is 0 Å². The average Bonchev–Trinajstić information content (AvgIpc) is 2.43. The molecule has 0 aromatic rings. The molecular formula is C18H36O. The van der Waals surface area contributed by atoms with Gasteiger partial charge in [0.1, 0.15) is 0 Å². The van der Waals surface area contributed by atoms with Gasteiger partial charge in [0.05, 0.1) is 6.10 Å². The summed E-state index contributed by atoms with van der Waals surface area (Å²) in [6.07, 6.45) is 21.4. The van der Waals surface area contributed by atoms with E-state index in [0.29, 0.717) is 6.10 Å². The third-order valence-corrected chi connectivity index (χ3v) is 3.77. The lowest BCUT2D eigenvalue weighted by molar-refractivity contribution is 0.108. The third-order valence-electron chi connectivity index (χ3n) is 3.77. The molecule has 0 N–H and O–H groups in total. The van der Waals surface area contributed by atoms with Crippen LogP contribution in [-0.2, 0) is 4.74 Å². The van der Waals surface area contributed by atoms with Crippen molar-refractivity contribution in [2.45, 2.75) is 97.0 Å². The fourth-order valence-electron chi connectivity index (χ4n) is 2.27. The van der Waals surface area contributed by atoms with E-state index in [1.54, 1.807) is 7.11 Å². The molecule has 0 aliphatic rings. The van der Waals surface area contributed by atoms with Crippen molar-refractivity contribution in [1.29, 1.82) is 0 Å². The maximum absolute atomic E-state index is 5.24. The van der Waals surface area contributed by atoms with Crippen molar-refractivity contribution in [2.75, 3.05) is 7.11 Å². The largest absolute Gasteiger partial charge is 0.382 e. The van der Waals surface area contributed by atoms with E-state index < -0.39 is 0 Å². The molecule has 0 aromatic carbocycles. The smallest absolute Gasteiger partial charge is 0.0543 e. The molecule has 114 valence electrons. The summed E-state index contributed by atoms with van der Waals surface area (Å²) in [5.41, 5.74) is 0. The number of methoxy groups -OCH3 is 1. The summed E-state index contributed by atoms with van der Waals surface area (Å²) in [7, 11) is 1.80. The van der Waals surface area contributed by atoms with E-state index in [-0.39, 0.29) is 0 Å². The average molecular weight is 268 g/mol. The minimum absolute atomic E-state index is 0.434. The first kappa shape index (κ1) is 18.7. The molecule has 0 aliphatic carbocycles. The number of rotatable bonds is 14. The number of ether oxygens (including phenoxy) is 1. The first-order chi connectivity index (χ1) is 9.31.